The quantitative estimate of drug-likeness (QED) is 0.312. The van der Waals surface area contributed by atoms with Gasteiger partial charge in [-0.1, -0.05) is 0 Å². The number of carbonyl (C=O) groups is 1. The van der Waals surface area contributed by atoms with Gasteiger partial charge in [-0.25, -0.2) is 8.78 Å². The fourth-order valence-corrected chi connectivity index (χ4v) is 4.74. The van der Waals surface area contributed by atoms with Crippen LogP contribution in [0.1, 0.15) is 22.3 Å². The number of hydrogen-bond donors (Lipinski definition) is 0. The van der Waals surface area contributed by atoms with Gasteiger partial charge in [0.1, 0.15) is 29.9 Å². The molecule has 7 nitrogen and oxygen atoms in total. The number of benzene rings is 2. The fourth-order valence-electron chi connectivity index (χ4n) is 4.74. The Morgan fingerprint density at radius 1 is 1.11 bits per heavy atom. The average Bonchev–Trinajstić information content (AvgIpc) is 3.10. The number of likely N-dealkylation sites (tertiary alicyclic amines) is 1. The molecule has 2 fully saturated rings. The Morgan fingerprint density at radius 2 is 1.81 bits per heavy atom. The summed E-state index contributed by atoms with van der Waals surface area (Å²) in [5.74, 6) is -1.55. The van der Waals surface area contributed by atoms with E-state index in [0.29, 0.717) is 5.56 Å². The first-order valence-electron chi connectivity index (χ1n) is 11.5. The van der Waals surface area contributed by atoms with Gasteiger partial charge in [0, 0.05) is 24.6 Å². The van der Waals surface area contributed by atoms with Crippen LogP contribution < -0.4 is 9.47 Å². The topological polar surface area (TPSA) is 66.5 Å². The number of nitrogens with zero attached hydrogens (tertiary/aromatic N) is 1. The molecular formula is C23H24B2F5NO6. The number of hydrogen-bond acceptors (Lipinski definition) is 6. The van der Waals surface area contributed by atoms with Gasteiger partial charge in [0.15, 0.2) is 27.2 Å². The molecule has 0 bridgehead atoms. The number of rotatable bonds is 7. The summed E-state index contributed by atoms with van der Waals surface area (Å²) in [6.45, 7) is -0.789. The predicted molar refractivity (Wildman–Crippen MR) is 125 cm³/mol. The van der Waals surface area contributed by atoms with Crippen LogP contribution in [0.3, 0.4) is 0 Å². The van der Waals surface area contributed by atoms with Crippen LogP contribution in [0.4, 0.5) is 22.0 Å². The van der Waals surface area contributed by atoms with Gasteiger partial charge >= 0.3 is 6.36 Å². The summed E-state index contributed by atoms with van der Waals surface area (Å²) in [5, 5.41) is 0. The molecule has 2 aromatic carbocycles. The minimum atomic E-state index is -4.76. The summed E-state index contributed by atoms with van der Waals surface area (Å²) in [6, 6.07) is 7.50. The molecule has 1 amide bonds. The highest BCUT2D eigenvalue weighted by Crippen LogP contribution is 2.47. The lowest BCUT2D eigenvalue weighted by Gasteiger charge is -2.42. The van der Waals surface area contributed by atoms with E-state index in [9.17, 15) is 26.7 Å². The van der Waals surface area contributed by atoms with E-state index in [1.54, 1.807) is 15.7 Å². The molecule has 0 unspecified atom stereocenters. The van der Waals surface area contributed by atoms with Crippen molar-refractivity contribution < 1.29 is 50.4 Å². The largest absolute Gasteiger partial charge is 0.522 e. The van der Waals surface area contributed by atoms with E-state index in [1.807, 2.05) is 0 Å². The lowest BCUT2D eigenvalue weighted by atomic mass is 9.76. The molecule has 2 aromatic rings. The molecule has 0 aliphatic carbocycles. The molecule has 14 heteroatoms. The van der Waals surface area contributed by atoms with Gasteiger partial charge < -0.3 is 23.8 Å². The zero-order valence-corrected chi connectivity index (χ0v) is 20.4. The van der Waals surface area contributed by atoms with Crippen LogP contribution in [0.2, 0.25) is 0 Å². The van der Waals surface area contributed by atoms with Crippen LogP contribution in [0, 0.1) is 11.6 Å². The van der Waals surface area contributed by atoms with E-state index in [0.717, 1.165) is 6.07 Å². The minimum absolute atomic E-state index is 0.0930. The molecule has 2 atom stereocenters. The number of alkyl halides is 3. The smallest absolute Gasteiger partial charge is 0.493 e. The molecule has 2 saturated heterocycles. The van der Waals surface area contributed by atoms with Gasteiger partial charge in [-0.3, -0.25) is 9.53 Å². The van der Waals surface area contributed by atoms with Crippen molar-refractivity contribution in [3.05, 3.63) is 59.2 Å². The van der Waals surface area contributed by atoms with Gasteiger partial charge in [-0.15, -0.1) is 13.2 Å². The molecule has 2 aliphatic rings. The Bertz CT molecular complexity index is 1150. The number of amides is 1. The summed E-state index contributed by atoms with van der Waals surface area (Å²) < 4.78 is 90.9. The van der Waals surface area contributed by atoms with Crippen LogP contribution in [-0.2, 0) is 19.8 Å². The average molecular weight is 527 g/mol. The Hall–Kier alpha value is -2.83. The Morgan fingerprint density at radius 3 is 2.46 bits per heavy atom. The fraction of sp³-hybridized carbons (Fsp3) is 0.435. The summed E-state index contributed by atoms with van der Waals surface area (Å²) in [6.07, 6.45) is -5.23. The highest BCUT2D eigenvalue weighted by Gasteiger charge is 2.56. The SMILES string of the molecule is BC1(B)O[C@@H]2CN(C(=O)c3ccc(OCCOC(F)(F)F)c(OC)c3)CC[C@]2(c2cc(F)cc(F)c2)O1. The first-order chi connectivity index (χ1) is 17.3. The first kappa shape index (κ1) is 27.2. The standard InChI is InChI=1S/C23H24B2F5NO6/c1-33-18-8-13(2-3-17(18)34-6-7-35-23(28,29)30)20(32)31-5-4-21(14-9-15(26)11-16(27)10-14)19(12-31)36-22(24,25)37-21/h2-3,8-11,19H,4-7,12,24-25H2,1H3/t19-,21-/m1/s1. The Labute approximate surface area is 211 Å². The lowest BCUT2D eigenvalue weighted by Crippen LogP contribution is -2.53. The maximum absolute atomic E-state index is 14.0. The third kappa shape index (κ3) is 6.02. The van der Waals surface area contributed by atoms with Crippen LogP contribution in [0.15, 0.2) is 36.4 Å². The van der Waals surface area contributed by atoms with E-state index in [4.69, 9.17) is 18.9 Å². The molecule has 0 spiro atoms. The second kappa shape index (κ2) is 10.1. The number of methoxy groups -OCH3 is 1. The van der Waals surface area contributed by atoms with E-state index in [2.05, 4.69) is 4.74 Å². The van der Waals surface area contributed by atoms with Gasteiger partial charge in [-0.2, -0.15) is 0 Å². The van der Waals surface area contributed by atoms with Crippen molar-refractivity contribution in [1.82, 2.24) is 4.90 Å². The van der Waals surface area contributed by atoms with Gasteiger partial charge in [-0.05, 0) is 35.9 Å². The van der Waals surface area contributed by atoms with Crippen molar-refractivity contribution in [2.75, 3.05) is 33.4 Å². The molecule has 0 aromatic heterocycles. The van der Waals surface area contributed by atoms with Crippen molar-refractivity contribution >= 4 is 21.6 Å². The number of ether oxygens (including phenoxy) is 5. The van der Waals surface area contributed by atoms with Crippen LogP contribution in [0.5, 0.6) is 11.5 Å². The predicted octanol–water partition coefficient (Wildman–Crippen LogP) is 1.92. The normalized spacial score (nSPS) is 23.0. The maximum atomic E-state index is 14.0. The lowest BCUT2D eigenvalue weighted by molar-refractivity contribution is -0.325. The molecule has 4 rings (SSSR count). The second-order valence-corrected chi connectivity index (χ2v) is 9.17. The molecule has 0 radical (unpaired) electrons. The van der Waals surface area contributed by atoms with Crippen LogP contribution in [-0.4, -0.2) is 78.0 Å². The molecule has 37 heavy (non-hydrogen) atoms. The van der Waals surface area contributed by atoms with Crippen molar-refractivity contribution in [3.63, 3.8) is 0 Å². The number of halogens is 5. The number of fused-ring (bicyclic) bond motifs is 1. The van der Waals surface area contributed by atoms with Crippen LogP contribution >= 0.6 is 0 Å². The maximum Gasteiger partial charge on any atom is 0.522 e. The number of carbonyl (C=O) groups excluding carboxylic acids is 1. The zero-order chi connectivity index (χ0) is 27.0. The van der Waals surface area contributed by atoms with E-state index >= 15 is 0 Å². The molecule has 2 aliphatic heterocycles. The highest BCUT2D eigenvalue weighted by molar-refractivity contribution is 6.38. The third-order valence-corrected chi connectivity index (χ3v) is 6.17. The summed E-state index contributed by atoms with van der Waals surface area (Å²) in [5.41, 5.74) is -1.65. The van der Waals surface area contributed by atoms with E-state index < -0.39 is 41.9 Å². The third-order valence-electron chi connectivity index (χ3n) is 6.17. The first-order valence-corrected chi connectivity index (χ1v) is 11.5. The second-order valence-electron chi connectivity index (χ2n) is 9.17. The van der Waals surface area contributed by atoms with Crippen molar-refractivity contribution in [2.45, 2.75) is 30.1 Å². The molecular weight excluding hydrogens is 503 g/mol. The van der Waals surface area contributed by atoms with E-state index in [1.165, 1.54) is 42.3 Å². The van der Waals surface area contributed by atoms with Crippen molar-refractivity contribution in [3.8, 4) is 11.5 Å². The summed E-state index contributed by atoms with van der Waals surface area (Å²) in [7, 11) is 4.72. The van der Waals surface area contributed by atoms with Crippen molar-refractivity contribution in [2.24, 2.45) is 0 Å². The van der Waals surface area contributed by atoms with Crippen molar-refractivity contribution in [1.29, 1.82) is 0 Å². The highest BCUT2D eigenvalue weighted by atomic mass is 19.4. The van der Waals surface area contributed by atoms with Gasteiger partial charge in [0.2, 0.25) is 0 Å². The molecule has 198 valence electrons. The number of piperidine rings is 1. The summed E-state index contributed by atoms with van der Waals surface area (Å²) in [4.78, 5) is 14.9. The Balaban J connectivity index is 1.50. The van der Waals surface area contributed by atoms with Gasteiger partial charge in [0.05, 0.1) is 25.8 Å². The minimum Gasteiger partial charge on any atom is -0.493 e. The van der Waals surface area contributed by atoms with Crippen LogP contribution in [0.25, 0.3) is 0 Å². The molecule has 2 heterocycles. The monoisotopic (exact) mass is 527 g/mol. The van der Waals surface area contributed by atoms with E-state index in [-0.39, 0.29) is 49.1 Å². The van der Waals surface area contributed by atoms with Gasteiger partial charge in [0.25, 0.3) is 5.91 Å². The Kier molecular flexibility index (Phi) is 7.46. The summed E-state index contributed by atoms with van der Waals surface area (Å²) >= 11 is 0. The molecule has 0 N–H and O–H groups in total. The molecule has 0 saturated carbocycles. The zero-order valence-electron chi connectivity index (χ0n) is 20.4.